The number of aryl methyl sites for hydroxylation is 2. The molecule has 0 radical (unpaired) electrons. The molecule has 0 aromatic heterocycles. The van der Waals surface area contributed by atoms with E-state index in [9.17, 15) is 10.2 Å². The molecule has 0 saturated heterocycles. The lowest BCUT2D eigenvalue weighted by atomic mass is 9.85. The second-order valence-electron chi connectivity index (χ2n) is 6.49. The predicted octanol–water partition coefficient (Wildman–Crippen LogP) is 5.82. The van der Waals surface area contributed by atoms with Crippen LogP contribution in [0.4, 0.5) is 0 Å². The zero-order chi connectivity index (χ0) is 16.8. The SMILES string of the molecule is CCCCCCC(c1ccc(O)c(C)c1)c1ccc(O)c(C)c1. The normalized spacial score (nSPS) is 11.1. The molecule has 2 rings (SSSR count). The first-order chi connectivity index (χ1) is 11.0. The molecule has 0 bridgehead atoms. The summed E-state index contributed by atoms with van der Waals surface area (Å²) in [5.74, 6) is 1.01. The molecular formula is C21H28O2. The Kier molecular flexibility index (Phi) is 6.09. The summed E-state index contributed by atoms with van der Waals surface area (Å²) in [6.07, 6.45) is 6.05. The maximum absolute atomic E-state index is 9.79. The lowest BCUT2D eigenvalue weighted by Gasteiger charge is -2.20. The molecule has 0 spiro atoms. The highest BCUT2D eigenvalue weighted by atomic mass is 16.3. The zero-order valence-corrected chi connectivity index (χ0v) is 14.5. The summed E-state index contributed by atoms with van der Waals surface area (Å²) in [5.41, 5.74) is 4.30. The Morgan fingerprint density at radius 2 is 1.30 bits per heavy atom. The van der Waals surface area contributed by atoms with Crippen molar-refractivity contribution in [2.45, 2.75) is 58.8 Å². The highest BCUT2D eigenvalue weighted by molar-refractivity contribution is 5.43. The van der Waals surface area contributed by atoms with Crippen molar-refractivity contribution >= 4 is 0 Å². The van der Waals surface area contributed by atoms with E-state index in [-0.39, 0.29) is 0 Å². The van der Waals surface area contributed by atoms with Crippen LogP contribution >= 0.6 is 0 Å². The van der Waals surface area contributed by atoms with Crippen LogP contribution in [0, 0.1) is 13.8 Å². The quantitative estimate of drug-likeness (QED) is 0.633. The van der Waals surface area contributed by atoms with E-state index < -0.39 is 0 Å². The number of unbranched alkanes of at least 4 members (excludes halogenated alkanes) is 3. The van der Waals surface area contributed by atoms with E-state index in [1.807, 2.05) is 26.0 Å². The van der Waals surface area contributed by atoms with Crippen molar-refractivity contribution in [2.24, 2.45) is 0 Å². The average Bonchev–Trinajstić information content (AvgIpc) is 2.53. The van der Waals surface area contributed by atoms with E-state index in [4.69, 9.17) is 0 Å². The summed E-state index contributed by atoms with van der Waals surface area (Å²) in [6.45, 7) is 6.11. The smallest absolute Gasteiger partial charge is 0.118 e. The fraction of sp³-hybridized carbons (Fsp3) is 0.429. The van der Waals surface area contributed by atoms with E-state index in [1.165, 1.54) is 36.8 Å². The van der Waals surface area contributed by atoms with E-state index in [0.717, 1.165) is 17.5 Å². The van der Waals surface area contributed by atoms with Crippen LogP contribution in [0.1, 0.15) is 67.2 Å². The molecule has 2 aromatic rings. The van der Waals surface area contributed by atoms with Crippen LogP contribution in [0.5, 0.6) is 11.5 Å². The predicted molar refractivity (Wildman–Crippen MR) is 96.3 cm³/mol. The average molecular weight is 312 g/mol. The maximum Gasteiger partial charge on any atom is 0.118 e. The minimum absolute atomic E-state index is 0.311. The molecule has 2 N–H and O–H groups in total. The van der Waals surface area contributed by atoms with Crippen molar-refractivity contribution < 1.29 is 10.2 Å². The van der Waals surface area contributed by atoms with Gasteiger partial charge in [-0.1, -0.05) is 56.9 Å². The summed E-state index contributed by atoms with van der Waals surface area (Å²) in [7, 11) is 0. The van der Waals surface area contributed by atoms with Crippen LogP contribution in [-0.4, -0.2) is 10.2 Å². The van der Waals surface area contributed by atoms with Crippen LogP contribution in [-0.2, 0) is 0 Å². The number of hydrogen-bond acceptors (Lipinski definition) is 2. The Balaban J connectivity index is 2.29. The molecule has 0 unspecified atom stereocenters. The molecule has 0 aliphatic rings. The van der Waals surface area contributed by atoms with Gasteiger partial charge in [-0.15, -0.1) is 0 Å². The molecule has 2 heteroatoms. The Morgan fingerprint density at radius 3 is 1.74 bits per heavy atom. The van der Waals surface area contributed by atoms with Gasteiger partial charge in [-0.2, -0.15) is 0 Å². The summed E-state index contributed by atoms with van der Waals surface area (Å²) in [5, 5.41) is 19.6. The van der Waals surface area contributed by atoms with Gasteiger partial charge in [0.15, 0.2) is 0 Å². The highest BCUT2D eigenvalue weighted by Gasteiger charge is 2.16. The molecule has 0 aliphatic carbocycles. The van der Waals surface area contributed by atoms with E-state index in [2.05, 4.69) is 19.1 Å². The van der Waals surface area contributed by atoms with Gasteiger partial charge in [0, 0.05) is 5.92 Å². The van der Waals surface area contributed by atoms with Crippen molar-refractivity contribution in [3.63, 3.8) is 0 Å². The number of rotatable bonds is 7. The van der Waals surface area contributed by atoms with Gasteiger partial charge in [0.2, 0.25) is 0 Å². The van der Waals surface area contributed by atoms with Crippen molar-refractivity contribution in [3.8, 4) is 11.5 Å². The van der Waals surface area contributed by atoms with Gasteiger partial charge in [-0.05, 0) is 54.7 Å². The Bertz CT molecular complexity index is 595. The summed E-state index contributed by atoms with van der Waals surface area (Å²) in [6, 6.07) is 11.8. The minimum Gasteiger partial charge on any atom is -0.508 e. The van der Waals surface area contributed by atoms with Crippen LogP contribution in [0.25, 0.3) is 0 Å². The van der Waals surface area contributed by atoms with Crippen LogP contribution < -0.4 is 0 Å². The zero-order valence-electron chi connectivity index (χ0n) is 14.5. The molecule has 0 amide bonds. The van der Waals surface area contributed by atoms with Crippen LogP contribution in [0.3, 0.4) is 0 Å². The first-order valence-electron chi connectivity index (χ1n) is 8.62. The third-order valence-electron chi connectivity index (χ3n) is 4.59. The number of hydrogen-bond donors (Lipinski definition) is 2. The first kappa shape index (κ1) is 17.4. The first-order valence-corrected chi connectivity index (χ1v) is 8.62. The monoisotopic (exact) mass is 312 g/mol. The van der Waals surface area contributed by atoms with Gasteiger partial charge >= 0.3 is 0 Å². The fourth-order valence-corrected chi connectivity index (χ4v) is 3.09. The largest absolute Gasteiger partial charge is 0.508 e. The van der Waals surface area contributed by atoms with E-state index in [1.54, 1.807) is 12.1 Å². The van der Waals surface area contributed by atoms with Gasteiger partial charge in [-0.3, -0.25) is 0 Å². The second kappa shape index (κ2) is 8.05. The molecule has 0 saturated carbocycles. The fourth-order valence-electron chi connectivity index (χ4n) is 3.09. The van der Waals surface area contributed by atoms with Crippen molar-refractivity contribution in [3.05, 3.63) is 58.7 Å². The molecule has 0 atom stereocenters. The number of aromatic hydroxyl groups is 2. The molecule has 124 valence electrons. The minimum atomic E-state index is 0.311. The third kappa shape index (κ3) is 4.51. The third-order valence-corrected chi connectivity index (χ3v) is 4.59. The van der Waals surface area contributed by atoms with Crippen molar-refractivity contribution in [1.29, 1.82) is 0 Å². The van der Waals surface area contributed by atoms with Gasteiger partial charge in [0.25, 0.3) is 0 Å². The summed E-state index contributed by atoms with van der Waals surface area (Å²) < 4.78 is 0. The molecule has 2 aromatic carbocycles. The lowest BCUT2D eigenvalue weighted by molar-refractivity contribution is 0.470. The van der Waals surface area contributed by atoms with Gasteiger partial charge in [0.1, 0.15) is 11.5 Å². The number of phenols is 2. The Hall–Kier alpha value is -1.96. The van der Waals surface area contributed by atoms with Gasteiger partial charge in [0.05, 0.1) is 0 Å². The Morgan fingerprint density at radius 1 is 0.783 bits per heavy atom. The molecule has 0 fully saturated rings. The van der Waals surface area contributed by atoms with Gasteiger partial charge in [-0.25, -0.2) is 0 Å². The molecule has 0 aliphatic heterocycles. The Labute approximate surface area is 139 Å². The number of benzene rings is 2. The van der Waals surface area contributed by atoms with Gasteiger partial charge < -0.3 is 10.2 Å². The highest BCUT2D eigenvalue weighted by Crippen LogP contribution is 2.34. The number of phenolic OH excluding ortho intramolecular Hbond substituents is 2. The van der Waals surface area contributed by atoms with E-state index in [0.29, 0.717) is 17.4 Å². The standard InChI is InChI=1S/C21H28O2/c1-4-5-6-7-8-19(17-9-11-20(22)15(2)13-17)18-10-12-21(23)16(3)14-18/h9-14,19,22-23H,4-8H2,1-3H3. The molecule has 23 heavy (non-hydrogen) atoms. The maximum atomic E-state index is 9.79. The summed E-state index contributed by atoms with van der Waals surface area (Å²) >= 11 is 0. The molecular weight excluding hydrogens is 284 g/mol. The molecule has 2 nitrogen and oxygen atoms in total. The topological polar surface area (TPSA) is 40.5 Å². The van der Waals surface area contributed by atoms with E-state index >= 15 is 0 Å². The van der Waals surface area contributed by atoms with Crippen molar-refractivity contribution in [1.82, 2.24) is 0 Å². The summed E-state index contributed by atoms with van der Waals surface area (Å²) in [4.78, 5) is 0. The molecule has 0 heterocycles. The van der Waals surface area contributed by atoms with Crippen LogP contribution in [0.15, 0.2) is 36.4 Å². The van der Waals surface area contributed by atoms with Crippen molar-refractivity contribution in [2.75, 3.05) is 0 Å². The second-order valence-corrected chi connectivity index (χ2v) is 6.49. The van der Waals surface area contributed by atoms with Crippen LogP contribution in [0.2, 0.25) is 0 Å². The lowest BCUT2D eigenvalue weighted by Crippen LogP contribution is -2.02.